The lowest BCUT2D eigenvalue weighted by Crippen LogP contribution is -2.39. The average molecular weight is 225 g/mol. The van der Waals surface area contributed by atoms with Crippen molar-refractivity contribution in [2.75, 3.05) is 0 Å². The van der Waals surface area contributed by atoms with Crippen LogP contribution in [0, 0.1) is 11.8 Å². The fourth-order valence-corrected chi connectivity index (χ4v) is 2.52. The molecule has 3 heteroatoms. The minimum absolute atomic E-state index is 0.0162. The van der Waals surface area contributed by atoms with E-state index in [1.807, 2.05) is 0 Å². The lowest BCUT2D eigenvalue weighted by Gasteiger charge is -2.30. The van der Waals surface area contributed by atoms with Crippen molar-refractivity contribution < 1.29 is 9.59 Å². The van der Waals surface area contributed by atoms with E-state index < -0.39 is 11.8 Å². The monoisotopic (exact) mass is 225 g/mol. The molecule has 2 unspecified atom stereocenters. The van der Waals surface area contributed by atoms with Crippen molar-refractivity contribution in [3.05, 3.63) is 59.3 Å². The summed E-state index contributed by atoms with van der Waals surface area (Å²) in [4.78, 5) is 24.6. The fraction of sp³-hybridized carbons (Fsp3) is 0.143. The summed E-state index contributed by atoms with van der Waals surface area (Å²) in [5, 5.41) is 0. The number of rotatable bonds is 0. The topological polar surface area (TPSA) is 60.2 Å². The first kappa shape index (κ1) is 10.0. The quantitative estimate of drug-likeness (QED) is 0.731. The smallest absolute Gasteiger partial charge is 0.173 e. The summed E-state index contributed by atoms with van der Waals surface area (Å²) >= 11 is 0. The molecule has 1 aromatic carbocycles. The molecule has 0 aromatic heterocycles. The number of carbonyl (C=O) groups is 2. The number of hydrogen-bond acceptors (Lipinski definition) is 3. The zero-order valence-corrected chi connectivity index (χ0v) is 9.09. The summed E-state index contributed by atoms with van der Waals surface area (Å²) in [7, 11) is 0. The van der Waals surface area contributed by atoms with Gasteiger partial charge in [-0.15, -0.1) is 0 Å². The van der Waals surface area contributed by atoms with Gasteiger partial charge in [0.15, 0.2) is 11.6 Å². The van der Waals surface area contributed by atoms with E-state index in [9.17, 15) is 9.59 Å². The highest BCUT2D eigenvalue weighted by Crippen LogP contribution is 2.35. The molecular weight excluding hydrogens is 214 g/mol. The van der Waals surface area contributed by atoms with Gasteiger partial charge >= 0.3 is 0 Å². The molecule has 2 N–H and O–H groups in total. The second-order valence-corrected chi connectivity index (χ2v) is 4.33. The first-order valence-electron chi connectivity index (χ1n) is 5.51. The molecule has 2 aliphatic carbocycles. The van der Waals surface area contributed by atoms with Crippen molar-refractivity contribution in [2.45, 2.75) is 0 Å². The number of benzene rings is 1. The van der Waals surface area contributed by atoms with E-state index in [0.717, 1.165) is 0 Å². The molecule has 17 heavy (non-hydrogen) atoms. The van der Waals surface area contributed by atoms with Gasteiger partial charge in [0, 0.05) is 16.8 Å². The van der Waals surface area contributed by atoms with Crippen LogP contribution in [-0.4, -0.2) is 11.6 Å². The first-order valence-corrected chi connectivity index (χ1v) is 5.51. The average Bonchev–Trinajstić information content (AvgIpc) is 2.36. The van der Waals surface area contributed by atoms with Crippen LogP contribution in [0.3, 0.4) is 0 Å². The van der Waals surface area contributed by atoms with Crippen LogP contribution in [0.5, 0.6) is 0 Å². The maximum absolute atomic E-state index is 12.3. The molecule has 2 aliphatic rings. The van der Waals surface area contributed by atoms with Gasteiger partial charge in [0.2, 0.25) is 0 Å². The SMILES string of the molecule is NC1=CC=CC2C(=O)c3ccccc3C(=O)C12. The van der Waals surface area contributed by atoms with Gasteiger partial charge in [-0.2, -0.15) is 0 Å². The lowest BCUT2D eigenvalue weighted by molar-refractivity contribution is 0.0793. The van der Waals surface area contributed by atoms with Crippen molar-refractivity contribution in [2.24, 2.45) is 17.6 Å². The number of Topliss-reactive ketones (excluding diaryl/α,β-unsaturated/α-hetero) is 2. The van der Waals surface area contributed by atoms with Gasteiger partial charge in [0.1, 0.15) is 0 Å². The molecule has 0 saturated heterocycles. The Labute approximate surface area is 98.6 Å². The van der Waals surface area contributed by atoms with Gasteiger partial charge < -0.3 is 5.73 Å². The molecule has 0 saturated carbocycles. The van der Waals surface area contributed by atoms with E-state index in [0.29, 0.717) is 16.8 Å². The number of hydrogen-bond donors (Lipinski definition) is 1. The van der Waals surface area contributed by atoms with Crippen LogP contribution in [-0.2, 0) is 0 Å². The number of carbonyl (C=O) groups excluding carboxylic acids is 2. The lowest BCUT2D eigenvalue weighted by atomic mass is 9.71. The Kier molecular flexibility index (Phi) is 2.01. The summed E-state index contributed by atoms with van der Waals surface area (Å²) in [6, 6.07) is 6.94. The van der Waals surface area contributed by atoms with Gasteiger partial charge in [0.25, 0.3) is 0 Å². The zero-order chi connectivity index (χ0) is 12.0. The van der Waals surface area contributed by atoms with Gasteiger partial charge in [-0.25, -0.2) is 0 Å². The summed E-state index contributed by atoms with van der Waals surface area (Å²) in [5.74, 6) is -1.01. The van der Waals surface area contributed by atoms with E-state index in [-0.39, 0.29) is 11.6 Å². The van der Waals surface area contributed by atoms with Crippen LogP contribution in [0.4, 0.5) is 0 Å². The Balaban J connectivity index is 2.22. The van der Waals surface area contributed by atoms with E-state index >= 15 is 0 Å². The van der Waals surface area contributed by atoms with Crippen LogP contribution in [0.2, 0.25) is 0 Å². The molecule has 0 radical (unpaired) electrons. The fourth-order valence-electron chi connectivity index (χ4n) is 2.52. The highest BCUT2D eigenvalue weighted by Gasteiger charge is 2.41. The van der Waals surface area contributed by atoms with Crippen molar-refractivity contribution in [1.29, 1.82) is 0 Å². The highest BCUT2D eigenvalue weighted by atomic mass is 16.1. The molecule has 84 valence electrons. The minimum atomic E-state index is -0.512. The Morgan fingerprint density at radius 2 is 1.65 bits per heavy atom. The van der Waals surface area contributed by atoms with Crippen LogP contribution in [0.25, 0.3) is 0 Å². The third kappa shape index (κ3) is 1.29. The number of nitrogens with two attached hydrogens (primary N) is 1. The van der Waals surface area contributed by atoms with Crippen molar-refractivity contribution >= 4 is 11.6 Å². The number of ketones is 2. The van der Waals surface area contributed by atoms with Crippen LogP contribution in [0.1, 0.15) is 20.7 Å². The molecule has 0 aliphatic heterocycles. The van der Waals surface area contributed by atoms with E-state index in [2.05, 4.69) is 0 Å². The molecule has 3 nitrogen and oxygen atoms in total. The molecule has 0 fully saturated rings. The summed E-state index contributed by atoms with van der Waals surface area (Å²) in [6.07, 6.45) is 5.20. The second kappa shape index (κ2) is 3.42. The van der Waals surface area contributed by atoms with Crippen molar-refractivity contribution in [1.82, 2.24) is 0 Å². The molecular formula is C14H11NO2. The minimum Gasteiger partial charge on any atom is -0.401 e. The van der Waals surface area contributed by atoms with E-state index in [4.69, 9.17) is 5.73 Å². The van der Waals surface area contributed by atoms with Gasteiger partial charge in [-0.1, -0.05) is 36.4 Å². The maximum Gasteiger partial charge on any atom is 0.173 e. The number of allylic oxidation sites excluding steroid dienone is 4. The molecule has 0 amide bonds. The second-order valence-electron chi connectivity index (χ2n) is 4.33. The molecule has 3 rings (SSSR count). The highest BCUT2D eigenvalue weighted by molar-refractivity contribution is 6.17. The van der Waals surface area contributed by atoms with Gasteiger partial charge in [-0.05, 0) is 6.08 Å². The molecule has 0 heterocycles. The first-order chi connectivity index (χ1) is 8.20. The van der Waals surface area contributed by atoms with Crippen LogP contribution >= 0.6 is 0 Å². The predicted octanol–water partition coefficient (Wildman–Crippen LogP) is 1.71. The Hall–Kier alpha value is -2.16. The molecule has 2 atom stereocenters. The normalized spacial score (nSPS) is 26.2. The third-order valence-corrected chi connectivity index (χ3v) is 3.37. The molecule has 1 aromatic rings. The van der Waals surface area contributed by atoms with Crippen LogP contribution < -0.4 is 5.73 Å². The molecule has 0 bridgehead atoms. The largest absolute Gasteiger partial charge is 0.401 e. The number of fused-ring (bicyclic) bond motifs is 2. The van der Waals surface area contributed by atoms with E-state index in [1.165, 1.54) is 0 Å². The van der Waals surface area contributed by atoms with Crippen molar-refractivity contribution in [3.63, 3.8) is 0 Å². The summed E-state index contributed by atoms with van der Waals surface area (Å²) in [5.41, 5.74) is 7.32. The Morgan fingerprint density at radius 1 is 1.00 bits per heavy atom. The van der Waals surface area contributed by atoms with E-state index in [1.54, 1.807) is 42.5 Å². The van der Waals surface area contributed by atoms with Gasteiger partial charge in [-0.3, -0.25) is 9.59 Å². The summed E-state index contributed by atoms with van der Waals surface area (Å²) in [6.45, 7) is 0. The van der Waals surface area contributed by atoms with Gasteiger partial charge in [0.05, 0.1) is 11.8 Å². The van der Waals surface area contributed by atoms with Crippen LogP contribution in [0.15, 0.2) is 48.2 Å². The zero-order valence-electron chi connectivity index (χ0n) is 9.09. The third-order valence-electron chi connectivity index (χ3n) is 3.37. The maximum atomic E-state index is 12.3. The van der Waals surface area contributed by atoms with Crippen molar-refractivity contribution in [3.8, 4) is 0 Å². The Bertz CT molecular complexity index is 584. The molecule has 0 spiro atoms. The summed E-state index contributed by atoms with van der Waals surface area (Å²) < 4.78 is 0. The standard InChI is InChI=1S/C14H11NO2/c15-11-7-3-6-10-12(11)14(17)9-5-2-1-4-8(9)13(10)16/h1-7,10,12H,15H2. The Morgan fingerprint density at radius 3 is 2.35 bits per heavy atom. The predicted molar refractivity (Wildman–Crippen MR) is 63.5 cm³/mol.